The third kappa shape index (κ3) is 8.19. The molecule has 0 aliphatic rings. The zero-order valence-corrected chi connectivity index (χ0v) is 15.9. The number of benzene rings is 1. The van der Waals surface area contributed by atoms with Crippen LogP contribution in [0.25, 0.3) is 0 Å². The SMILES string of the molecule is CN(C(=O)OC(C)(C)C)C(=Nc1ccccc1)NC(=O)OC(C)(C)C. The monoisotopic (exact) mass is 349 g/mol. The first-order valence-corrected chi connectivity index (χ1v) is 7.98. The van der Waals surface area contributed by atoms with Gasteiger partial charge in [0.25, 0.3) is 0 Å². The van der Waals surface area contributed by atoms with Gasteiger partial charge in [-0.05, 0) is 53.7 Å². The Morgan fingerprint density at radius 2 is 1.48 bits per heavy atom. The van der Waals surface area contributed by atoms with Crippen LogP contribution in [-0.4, -0.2) is 41.3 Å². The van der Waals surface area contributed by atoms with Gasteiger partial charge in [0.05, 0.1) is 5.69 Å². The van der Waals surface area contributed by atoms with Crippen LogP contribution in [0.5, 0.6) is 0 Å². The van der Waals surface area contributed by atoms with Crippen LogP contribution in [0.4, 0.5) is 15.3 Å². The number of hydrogen-bond acceptors (Lipinski definition) is 5. The Labute approximate surface area is 149 Å². The molecule has 0 saturated heterocycles. The molecule has 0 aliphatic heterocycles. The van der Waals surface area contributed by atoms with Gasteiger partial charge in [0, 0.05) is 7.05 Å². The molecule has 0 unspecified atom stereocenters. The molecule has 0 fully saturated rings. The van der Waals surface area contributed by atoms with Crippen molar-refractivity contribution in [2.45, 2.75) is 52.7 Å². The summed E-state index contributed by atoms with van der Waals surface area (Å²) in [6, 6.07) is 8.95. The fourth-order valence-corrected chi connectivity index (χ4v) is 1.62. The third-order valence-electron chi connectivity index (χ3n) is 2.59. The quantitative estimate of drug-likeness (QED) is 0.612. The maximum absolute atomic E-state index is 12.3. The normalized spacial score (nSPS) is 12.4. The first-order valence-electron chi connectivity index (χ1n) is 7.98. The summed E-state index contributed by atoms with van der Waals surface area (Å²) in [5, 5.41) is 2.50. The number of alkyl carbamates (subject to hydrolysis) is 1. The van der Waals surface area contributed by atoms with E-state index in [-0.39, 0.29) is 5.96 Å². The van der Waals surface area contributed by atoms with Crippen molar-refractivity contribution in [1.82, 2.24) is 10.2 Å². The van der Waals surface area contributed by atoms with Gasteiger partial charge in [-0.15, -0.1) is 0 Å². The maximum Gasteiger partial charge on any atom is 0.416 e. The standard InChI is InChI=1S/C18H27N3O4/c1-17(2,3)24-15(22)20-14(19-13-11-9-8-10-12-13)21(7)16(23)25-18(4,5)6/h8-12H,1-7H3,(H,19,20,22). The molecule has 0 heterocycles. The number of nitrogens with zero attached hydrogens (tertiary/aromatic N) is 2. The van der Waals surface area contributed by atoms with Gasteiger partial charge < -0.3 is 9.47 Å². The van der Waals surface area contributed by atoms with E-state index in [2.05, 4.69) is 10.3 Å². The number of amides is 2. The molecule has 1 aromatic carbocycles. The van der Waals surface area contributed by atoms with Crippen molar-refractivity contribution in [2.24, 2.45) is 4.99 Å². The van der Waals surface area contributed by atoms with Crippen molar-refractivity contribution in [1.29, 1.82) is 0 Å². The minimum absolute atomic E-state index is 0.00898. The Morgan fingerprint density at radius 1 is 0.960 bits per heavy atom. The van der Waals surface area contributed by atoms with Gasteiger partial charge >= 0.3 is 12.2 Å². The molecule has 0 aromatic heterocycles. The van der Waals surface area contributed by atoms with Crippen molar-refractivity contribution < 1.29 is 19.1 Å². The summed E-state index contributed by atoms with van der Waals surface area (Å²) in [5.74, 6) is 0.00898. The van der Waals surface area contributed by atoms with Crippen LogP contribution in [0.3, 0.4) is 0 Å². The number of carbonyl (C=O) groups is 2. The molecule has 0 atom stereocenters. The predicted octanol–water partition coefficient (Wildman–Crippen LogP) is 4.07. The first kappa shape index (κ1) is 20.5. The molecule has 1 aromatic rings. The molecule has 25 heavy (non-hydrogen) atoms. The molecule has 0 saturated carbocycles. The van der Waals surface area contributed by atoms with Crippen LogP contribution in [0.15, 0.2) is 35.3 Å². The molecule has 7 nitrogen and oxygen atoms in total. The van der Waals surface area contributed by atoms with Crippen LogP contribution >= 0.6 is 0 Å². The lowest BCUT2D eigenvalue weighted by Gasteiger charge is -2.26. The van der Waals surface area contributed by atoms with Gasteiger partial charge in [-0.2, -0.15) is 0 Å². The number of ether oxygens (including phenoxy) is 2. The van der Waals surface area contributed by atoms with E-state index in [0.717, 1.165) is 4.90 Å². The fourth-order valence-electron chi connectivity index (χ4n) is 1.62. The third-order valence-corrected chi connectivity index (χ3v) is 2.59. The van der Waals surface area contributed by atoms with E-state index in [9.17, 15) is 9.59 Å². The van der Waals surface area contributed by atoms with E-state index in [1.54, 1.807) is 65.8 Å². The van der Waals surface area contributed by atoms with Crippen molar-refractivity contribution in [3.05, 3.63) is 30.3 Å². The van der Waals surface area contributed by atoms with Crippen LogP contribution in [-0.2, 0) is 9.47 Å². The number of para-hydroxylation sites is 1. The fraction of sp³-hybridized carbons (Fsp3) is 0.500. The molecule has 0 radical (unpaired) electrons. The summed E-state index contributed by atoms with van der Waals surface area (Å²) in [7, 11) is 1.47. The van der Waals surface area contributed by atoms with Crippen LogP contribution < -0.4 is 5.32 Å². The largest absolute Gasteiger partial charge is 0.444 e. The molecule has 0 bridgehead atoms. The van der Waals surface area contributed by atoms with E-state index >= 15 is 0 Å². The number of aliphatic imine (C=N–C) groups is 1. The minimum Gasteiger partial charge on any atom is -0.444 e. The average molecular weight is 349 g/mol. The van der Waals surface area contributed by atoms with E-state index in [1.807, 2.05) is 6.07 Å². The smallest absolute Gasteiger partial charge is 0.416 e. The molecule has 0 aliphatic carbocycles. The molecule has 1 N–H and O–H groups in total. The van der Waals surface area contributed by atoms with Crippen molar-refractivity contribution >= 4 is 23.8 Å². The zero-order valence-electron chi connectivity index (χ0n) is 15.9. The van der Waals surface area contributed by atoms with Crippen molar-refractivity contribution in [3.63, 3.8) is 0 Å². The maximum atomic E-state index is 12.3. The van der Waals surface area contributed by atoms with E-state index < -0.39 is 23.4 Å². The second-order valence-corrected chi connectivity index (χ2v) is 7.44. The molecule has 1 rings (SSSR count). The number of hydrogen-bond donors (Lipinski definition) is 1. The van der Waals surface area contributed by atoms with Gasteiger partial charge in [0.15, 0.2) is 0 Å². The highest BCUT2D eigenvalue weighted by atomic mass is 16.6. The molecule has 7 heteroatoms. The lowest BCUT2D eigenvalue weighted by Crippen LogP contribution is -2.48. The Bertz CT molecular complexity index is 628. The highest BCUT2D eigenvalue weighted by Crippen LogP contribution is 2.14. The Kier molecular flexibility index (Phi) is 6.55. The van der Waals surface area contributed by atoms with Gasteiger partial charge in [-0.25, -0.2) is 14.6 Å². The predicted molar refractivity (Wildman–Crippen MR) is 96.9 cm³/mol. The summed E-state index contributed by atoms with van der Waals surface area (Å²) in [6.45, 7) is 10.5. The molecule has 138 valence electrons. The molecular weight excluding hydrogens is 322 g/mol. The van der Waals surface area contributed by atoms with Gasteiger partial charge in [-0.1, -0.05) is 18.2 Å². The van der Waals surface area contributed by atoms with E-state index in [1.165, 1.54) is 7.05 Å². The number of carbonyl (C=O) groups excluding carboxylic acids is 2. The van der Waals surface area contributed by atoms with Crippen molar-refractivity contribution in [2.75, 3.05) is 7.05 Å². The summed E-state index contributed by atoms with van der Waals surface area (Å²) in [6.07, 6.45) is -1.35. The Hall–Kier alpha value is -2.57. The lowest BCUT2D eigenvalue weighted by molar-refractivity contribution is 0.0391. The highest BCUT2D eigenvalue weighted by molar-refractivity contribution is 6.02. The second-order valence-electron chi connectivity index (χ2n) is 7.44. The van der Waals surface area contributed by atoms with Gasteiger partial charge in [0.2, 0.25) is 5.96 Å². The minimum atomic E-state index is -0.711. The Balaban J connectivity index is 3.05. The lowest BCUT2D eigenvalue weighted by atomic mass is 10.2. The highest BCUT2D eigenvalue weighted by Gasteiger charge is 2.25. The van der Waals surface area contributed by atoms with Gasteiger partial charge in [-0.3, -0.25) is 10.2 Å². The summed E-state index contributed by atoms with van der Waals surface area (Å²) in [4.78, 5) is 29.8. The topological polar surface area (TPSA) is 80.2 Å². The van der Waals surface area contributed by atoms with Gasteiger partial charge in [0.1, 0.15) is 11.2 Å². The zero-order chi connectivity index (χ0) is 19.3. The second kappa shape index (κ2) is 8.00. The number of rotatable bonds is 1. The van der Waals surface area contributed by atoms with Crippen molar-refractivity contribution in [3.8, 4) is 0 Å². The van der Waals surface area contributed by atoms with E-state index in [0.29, 0.717) is 5.69 Å². The average Bonchev–Trinajstić information content (AvgIpc) is 2.43. The summed E-state index contributed by atoms with van der Waals surface area (Å²) < 4.78 is 10.5. The van der Waals surface area contributed by atoms with Crippen LogP contribution in [0, 0.1) is 0 Å². The molecule has 0 spiro atoms. The van der Waals surface area contributed by atoms with Crippen LogP contribution in [0.1, 0.15) is 41.5 Å². The summed E-state index contributed by atoms with van der Waals surface area (Å²) >= 11 is 0. The molecular formula is C18H27N3O4. The first-order chi connectivity index (χ1) is 11.4. The summed E-state index contributed by atoms with van der Waals surface area (Å²) in [5.41, 5.74) is -0.773. The Morgan fingerprint density at radius 3 is 1.96 bits per heavy atom. The molecule has 2 amide bonds. The number of guanidine groups is 1. The van der Waals surface area contributed by atoms with Crippen LogP contribution in [0.2, 0.25) is 0 Å². The van der Waals surface area contributed by atoms with E-state index in [4.69, 9.17) is 9.47 Å². The number of nitrogens with one attached hydrogen (secondary N) is 1.